The monoisotopic (exact) mass is 249 g/mol. The lowest BCUT2D eigenvalue weighted by Crippen LogP contribution is -2.06. The van der Waals surface area contributed by atoms with Gasteiger partial charge in [0.25, 0.3) is 0 Å². The van der Waals surface area contributed by atoms with E-state index in [1.165, 1.54) is 5.56 Å². The van der Waals surface area contributed by atoms with Crippen molar-refractivity contribution in [1.29, 1.82) is 0 Å². The Morgan fingerprint density at radius 3 is 2.71 bits per heavy atom. The summed E-state index contributed by atoms with van der Waals surface area (Å²) >= 11 is 5.20. The first kappa shape index (κ1) is 12.0. The highest BCUT2D eigenvalue weighted by Gasteiger charge is 2.07. The van der Waals surface area contributed by atoms with E-state index in [0.29, 0.717) is 17.9 Å². The van der Waals surface area contributed by atoms with Gasteiger partial charge in [0.05, 0.1) is 13.2 Å². The van der Waals surface area contributed by atoms with Crippen molar-refractivity contribution >= 4 is 12.2 Å². The van der Waals surface area contributed by atoms with Crippen LogP contribution in [0.5, 0.6) is 0 Å². The minimum Gasteiger partial charge on any atom is -0.383 e. The molecule has 1 heterocycles. The Labute approximate surface area is 105 Å². The molecule has 0 amide bonds. The molecule has 2 aromatic rings. The van der Waals surface area contributed by atoms with Crippen LogP contribution in [0.2, 0.25) is 0 Å². The Kier molecular flexibility index (Phi) is 3.71. The number of hydrogen-bond acceptors (Lipinski definition) is 3. The topological polar surface area (TPSA) is 42.8 Å². The molecule has 0 saturated heterocycles. The molecule has 4 nitrogen and oxygen atoms in total. The third-order valence-electron chi connectivity index (χ3n) is 2.59. The zero-order chi connectivity index (χ0) is 12.3. The molecule has 90 valence electrons. The predicted octanol–water partition coefficient (Wildman–Crippen LogP) is 2.56. The summed E-state index contributed by atoms with van der Waals surface area (Å²) in [5.74, 6) is 0.854. The number of hydrogen-bond donors (Lipinski definition) is 1. The van der Waals surface area contributed by atoms with Crippen molar-refractivity contribution < 1.29 is 4.74 Å². The van der Waals surface area contributed by atoms with Gasteiger partial charge >= 0.3 is 0 Å². The Morgan fingerprint density at radius 1 is 1.35 bits per heavy atom. The first-order valence-electron chi connectivity index (χ1n) is 5.43. The number of nitrogens with one attached hydrogen (secondary N) is 1. The van der Waals surface area contributed by atoms with Crippen molar-refractivity contribution in [2.45, 2.75) is 13.5 Å². The number of H-pyrrole nitrogens is 1. The summed E-state index contributed by atoms with van der Waals surface area (Å²) in [6.45, 7) is 3.38. The minimum absolute atomic E-state index is 0.618. The van der Waals surface area contributed by atoms with Crippen LogP contribution in [-0.4, -0.2) is 28.5 Å². The molecule has 0 unspecified atom stereocenters. The molecule has 0 saturated carbocycles. The number of aryl methyl sites for hydroxylation is 1. The van der Waals surface area contributed by atoms with Gasteiger partial charge in [-0.3, -0.25) is 9.67 Å². The number of nitrogens with zero attached hydrogens (tertiary/aromatic N) is 2. The van der Waals surface area contributed by atoms with Gasteiger partial charge < -0.3 is 4.74 Å². The Bertz CT molecular complexity index is 542. The predicted molar refractivity (Wildman–Crippen MR) is 69.5 cm³/mol. The average Bonchev–Trinajstić information content (AvgIpc) is 2.69. The first-order chi connectivity index (χ1) is 8.22. The van der Waals surface area contributed by atoms with Crippen molar-refractivity contribution in [2.75, 3.05) is 13.7 Å². The molecular formula is C12H15N3OS. The van der Waals surface area contributed by atoms with Gasteiger partial charge in [-0.05, 0) is 19.1 Å². The number of methoxy groups -OCH3 is 1. The SMILES string of the molecule is COCCn1c(-c2ccc(C)cc2)n[nH]c1=S. The summed E-state index contributed by atoms with van der Waals surface area (Å²) < 4.78 is 7.64. The van der Waals surface area contributed by atoms with E-state index in [0.717, 1.165) is 11.4 Å². The van der Waals surface area contributed by atoms with Crippen LogP contribution in [0.15, 0.2) is 24.3 Å². The molecule has 0 aliphatic heterocycles. The van der Waals surface area contributed by atoms with Crippen molar-refractivity contribution in [3.8, 4) is 11.4 Å². The van der Waals surface area contributed by atoms with Crippen LogP contribution >= 0.6 is 12.2 Å². The molecule has 17 heavy (non-hydrogen) atoms. The van der Waals surface area contributed by atoms with Crippen molar-refractivity contribution in [1.82, 2.24) is 14.8 Å². The van der Waals surface area contributed by atoms with Crippen LogP contribution in [0.4, 0.5) is 0 Å². The van der Waals surface area contributed by atoms with Gasteiger partial charge in [-0.15, -0.1) is 0 Å². The molecule has 2 rings (SSSR count). The fraction of sp³-hybridized carbons (Fsp3) is 0.333. The zero-order valence-electron chi connectivity index (χ0n) is 9.93. The van der Waals surface area contributed by atoms with Gasteiger partial charge in [-0.2, -0.15) is 5.10 Å². The van der Waals surface area contributed by atoms with Crippen LogP contribution in [0, 0.1) is 11.7 Å². The van der Waals surface area contributed by atoms with Gasteiger partial charge in [0.15, 0.2) is 10.6 Å². The maximum absolute atomic E-state index is 5.20. The van der Waals surface area contributed by atoms with Crippen LogP contribution < -0.4 is 0 Å². The number of aromatic nitrogens is 3. The second kappa shape index (κ2) is 5.25. The Hall–Kier alpha value is -1.46. The zero-order valence-corrected chi connectivity index (χ0v) is 10.8. The average molecular weight is 249 g/mol. The van der Waals surface area contributed by atoms with Gasteiger partial charge in [0.1, 0.15) is 0 Å². The second-order valence-corrected chi connectivity index (χ2v) is 4.25. The van der Waals surface area contributed by atoms with Gasteiger partial charge in [-0.25, -0.2) is 0 Å². The molecule has 0 bridgehead atoms. The minimum atomic E-state index is 0.618. The molecule has 1 aromatic carbocycles. The van der Waals surface area contributed by atoms with E-state index < -0.39 is 0 Å². The molecule has 0 radical (unpaired) electrons. The highest BCUT2D eigenvalue weighted by atomic mass is 32.1. The quantitative estimate of drug-likeness (QED) is 0.847. The van der Waals surface area contributed by atoms with E-state index in [1.807, 2.05) is 16.7 Å². The summed E-state index contributed by atoms with van der Waals surface area (Å²) in [5.41, 5.74) is 2.28. The lowest BCUT2D eigenvalue weighted by Gasteiger charge is -2.06. The van der Waals surface area contributed by atoms with Crippen molar-refractivity contribution in [3.63, 3.8) is 0 Å². The molecule has 5 heteroatoms. The first-order valence-corrected chi connectivity index (χ1v) is 5.84. The van der Waals surface area contributed by atoms with Crippen LogP contribution in [0.25, 0.3) is 11.4 Å². The summed E-state index contributed by atoms with van der Waals surface area (Å²) in [7, 11) is 1.68. The summed E-state index contributed by atoms with van der Waals surface area (Å²) in [6.07, 6.45) is 0. The third-order valence-corrected chi connectivity index (χ3v) is 2.90. The van der Waals surface area contributed by atoms with E-state index >= 15 is 0 Å². The highest BCUT2D eigenvalue weighted by molar-refractivity contribution is 7.71. The van der Waals surface area contributed by atoms with Gasteiger partial charge in [0, 0.05) is 12.7 Å². The van der Waals surface area contributed by atoms with Crippen LogP contribution in [0.3, 0.4) is 0 Å². The largest absolute Gasteiger partial charge is 0.383 e. The van der Waals surface area contributed by atoms with E-state index in [2.05, 4.69) is 29.3 Å². The lowest BCUT2D eigenvalue weighted by atomic mass is 10.1. The molecule has 0 aliphatic carbocycles. The third kappa shape index (κ3) is 2.62. The maximum Gasteiger partial charge on any atom is 0.195 e. The van der Waals surface area contributed by atoms with Gasteiger partial charge in [-0.1, -0.05) is 29.8 Å². The van der Waals surface area contributed by atoms with Crippen molar-refractivity contribution in [2.24, 2.45) is 0 Å². The molecule has 0 atom stereocenters. The molecule has 0 aliphatic rings. The maximum atomic E-state index is 5.20. The lowest BCUT2D eigenvalue weighted by molar-refractivity contribution is 0.187. The number of benzene rings is 1. The summed E-state index contributed by atoms with van der Waals surface area (Å²) in [6, 6.07) is 8.22. The van der Waals surface area contributed by atoms with E-state index in [4.69, 9.17) is 17.0 Å². The van der Waals surface area contributed by atoms with Gasteiger partial charge in [0.2, 0.25) is 0 Å². The molecule has 0 spiro atoms. The summed E-state index contributed by atoms with van der Waals surface area (Å²) in [4.78, 5) is 0. The number of aromatic amines is 1. The Balaban J connectivity index is 2.38. The highest BCUT2D eigenvalue weighted by Crippen LogP contribution is 2.17. The normalized spacial score (nSPS) is 10.7. The van der Waals surface area contributed by atoms with E-state index in [9.17, 15) is 0 Å². The molecule has 0 fully saturated rings. The Morgan fingerprint density at radius 2 is 2.06 bits per heavy atom. The smallest absolute Gasteiger partial charge is 0.195 e. The summed E-state index contributed by atoms with van der Waals surface area (Å²) in [5, 5.41) is 7.08. The molecule has 1 N–H and O–H groups in total. The van der Waals surface area contributed by atoms with E-state index in [-0.39, 0.29) is 0 Å². The van der Waals surface area contributed by atoms with Crippen LogP contribution in [-0.2, 0) is 11.3 Å². The molecular weight excluding hydrogens is 234 g/mol. The second-order valence-electron chi connectivity index (χ2n) is 3.86. The van der Waals surface area contributed by atoms with Crippen molar-refractivity contribution in [3.05, 3.63) is 34.6 Å². The van der Waals surface area contributed by atoms with Crippen LogP contribution in [0.1, 0.15) is 5.56 Å². The molecule has 1 aromatic heterocycles. The standard InChI is InChI=1S/C12H15N3OS/c1-9-3-5-10(6-4-9)11-13-14-12(17)15(11)7-8-16-2/h3-6H,7-8H2,1-2H3,(H,14,17). The van der Waals surface area contributed by atoms with E-state index in [1.54, 1.807) is 7.11 Å². The number of rotatable bonds is 4. The fourth-order valence-corrected chi connectivity index (χ4v) is 1.85. The fourth-order valence-electron chi connectivity index (χ4n) is 1.63. The number of ether oxygens (including phenoxy) is 1.